The molecule has 1 aliphatic heterocycles. The van der Waals surface area contributed by atoms with Crippen LogP contribution in [0.3, 0.4) is 0 Å². The third-order valence-electron chi connectivity index (χ3n) is 9.71. The molecule has 2 N–H and O–H groups in total. The Bertz CT molecular complexity index is 2450. The number of ether oxygens (including phenoxy) is 3. The highest BCUT2D eigenvalue weighted by Gasteiger charge is 2.59. The first-order valence-electron chi connectivity index (χ1n) is 18.7. The summed E-state index contributed by atoms with van der Waals surface area (Å²) < 4.78 is 49.1. The fraction of sp³-hybridized carbons (Fsp3) is 0.156. The average Bonchev–Trinajstić information content (AvgIpc) is 3.28. The predicted molar refractivity (Wildman–Crippen MR) is 221 cm³/mol. The lowest BCUT2D eigenvalue weighted by atomic mass is 10.1. The summed E-state index contributed by atoms with van der Waals surface area (Å²) in [6, 6.07) is 43.6. The van der Waals surface area contributed by atoms with E-state index in [1.54, 1.807) is 30.3 Å². The average molecular weight is 813 g/mol. The standard InChI is InChI=1S/C45H40N4O9S/c50-43(48-26-25-46-32-45(48,44(51)47-37-19-11-4-12-20-37)59(54,55)39-23-21-38(22-24-39)49(52)53)36-27-40(56-29-33-13-5-1-6-14-33)42(58-31-35-17-9-3-10-18-35)41(28-36)57-30-34-15-7-2-8-16-34/h1-24,27-28,46H,25-26,29-32H2,(H,47,51). The normalized spacial score (nSPS) is 15.2. The molecule has 1 fully saturated rings. The van der Waals surface area contributed by atoms with Gasteiger partial charge >= 0.3 is 0 Å². The van der Waals surface area contributed by atoms with Gasteiger partial charge in [0.15, 0.2) is 11.5 Å². The van der Waals surface area contributed by atoms with Crippen molar-refractivity contribution in [3.63, 3.8) is 0 Å². The molecule has 1 saturated heterocycles. The van der Waals surface area contributed by atoms with Gasteiger partial charge in [0.2, 0.25) is 20.5 Å². The first kappa shape index (κ1) is 40.2. The van der Waals surface area contributed by atoms with Crippen LogP contribution in [0.25, 0.3) is 0 Å². The molecule has 14 heteroatoms. The van der Waals surface area contributed by atoms with Crippen molar-refractivity contribution < 1.29 is 37.1 Å². The fourth-order valence-corrected chi connectivity index (χ4v) is 8.60. The molecule has 0 bridgehead atoms. The highest BCUT2D eigenvalue weighted by molar-refractivity contribution is 7.93. The number of nitro groups is 1. The molecule has 2 amide bonds. The summed E-state index contributed by atoms with van der Waals surface area (Å²) >= 11 is 0. The highest BCUT2D eigenvalue weighted by atomic mass is 32.2. The van der Waals surface area contributed by atoms with E-state index in [1.807, 2.05) is 91.0 Å². The van der Waals surface area contributed by atoms with Crippen LogP contribution in [-0.2, 0) is 34.5 Å². The van der Waals surface area contributed by atoms with E-state index in [9.17, 15) is 23.3 Å². The maximum Gasteiger partial charge on any atom is 0.269 e. The summed E-state index contributed by atoms with van der Waals surface area (Å²) in [7, 11) is -4.83. The van der Waals surface area contributed by atoms with E-state index in [1.165, 1.54) is 12.1 Å². The lowest BCUT2D eigenvalue weighted by Crippen LogP contribution is -2.71. The summed E-state index contributed by atoms with van der Waals surface area (Å²) in [5.41, 5.74) is 2.43. The second-order valence-corrected chi connectivity index (χ2v) is 15.8. The molecule has 1 heterocycles. The Morgan fingerprint density at radius 2 is 1.17 bits per heavy atom. The van der Waals surface area contributed by atoms with Gasteiger partial charge in [0, 0.05) is 43.0 Å². The van der Waals surface area contributed by atoms with Gasteiger partial charge in [-0.3, -0.25) is 19.7 Å². The van der Waals surface area contributed by atoms with Crippen molar-refractivity contribution in [2.24, 2.45) is 0 Å². The summed E-state index contributed by atoms with van der Waals surface area (Å²) in [5.74, 6) is -1.32. The number of hydrogen-bond donors (Lipinski definition) is 2. The zero-order valence-electron chi connectivity index (χ0n) is 31.7. The zero-order chi connectivity index (χ0) is 41.2. The molecule has 300 valence electrons. The molecule has 0 radical (unpaired) electrons. The van der Waals surface area contributed by atoms with Crippen molar-refractivity contribution >= 4 is 33.0 Å². The Morgan fingerprint density at radius 1 is 0.695 bits per heavy atom. The van der Waals surface area contributed by atoms with Crippen molar-refractivity contribution in [2.75, 3.05) is 25.0 Å². The number of piperazine rings is 1. The van der Waals surface area contributed by atoms with Gasteiger partial charge < -0.3 is 29.7 Å². The van der Waals surface area contributed by atoms with E-state index in [-0.39, 0.29) is 61.4 Å². The molecule has 0 saturated carbocycles. The lowest BCUT2D eigenvalue weighted by Gasteiger charge is -2.45. The minimum Gasteiger partial charge on any atom is -0.485 e. The number of nitrogens with zero attached hydrogens (tertiary/aromatic N) is 2. The number of carbonyl (C=O) groups is 2. The van der Waals surface area contributed by atoms with Gasteiger partial charge in [0.05, 0.1) is 9.82 Å². The number of sulfone groups is 1. The maximum atomic E-state index is 15.1. The largest absolute Gasteiger partial charge is 0.485 e. The van der Waals surface area contributed by atoms with E-state index in [4.69, 9.17) is 14.2 Å². The maximum absolute atomic E-state index is 15.1. The molecule has 1 aliphatic rings. The topological polar surface area (TPSA) is 166 Å². The number of nitro benzene ring substituents is 1. The molecule has 1 unspecified atom stereocenters. The molecule has 1 atom stereocenters. The zero-order valence-corrected chi connectivity index (χ0v) is 32.5. The monoisotopic (exact) mass is 812 g/mol. The van der Waals surface area contributed by atoms with Crippen LogP contribution in [0.2, 0.25) is 0 Å². The fourth-order valence-electron chi connectivity index (χ4n) is 6.66. The van der Waals surface area contributed by atoms with Gasteiger partial charge in [0.1, 0.15) is 19.8 Å². The van der Waals surface area contributed by atoms with Gasteiger partial charge in [-0.2, -0.15) is 0 Å². The lowest BCUT2D eigenvalue weighted by molar-refractivity contribution is -0.384. The molecule has 0 aliphatic carbocycles. The van der Waals surface area contributed by atoms with E-state index in [2.05, 4.69) is 10.6 Å². The number of non-ortho nitro benzene ring substituents is 1. The number of hydrogen-bond acceptors (Lipinski definition) is 10. The third kappa shape index (κ3) is 8.93. The molecule has 0 aromatic heterocycles. The predicted octanol–water partition coefficient (Wildman–Crippen LogP) is 7.19. The summed E-state index contributed by atoms with van der Waals surface area (Å²) in [4.78, 5) is 38.7. The van der Waals surface area contributed by atoms with E-state index < -0.39 is 42.9 Å². The second-order valence-electron chi connectivity index (χ2n) is 13.6. The van der Waals surface area contributed by atoms with Crippen LogP contribution in [0.5, 0.6) is 17.2 Å². The van der Waals surface area contributed by atoms with Gasteiger partial charge in [0.25, 0.3) is 17.5 Å². The Labute approximate surface area is 341 Å². The molecule has 6 aromatic carbocycles. The SMILES string of the molecule is O=C(c1cc(OCc2ccccc2)c(OCc2ccccc2)c(OCc2ccccc2)c1)N1CCNCC1(C(=O)Nc1ccccc1)S(=O)(=O)c1ccc([N+](=O)[O-])cc1. The number of benzene rings is 6. The number of para-hydroxylation sites is 1. The van der Waals surface area contributed by atoms with E-state index >= 15 is 4.79 Å². The van der Waals surface area contributed by atoms with Crippen LogP contribution in [-0.4, -0.2) is 54.6 Å². The Kier molecular flexibility index (Phi) is 12.3. The molecule has 0 spiro atoms. The third-order valence-corrected chi connectivity index (χ3v) is 12.0. The smallest absolute Gasteiger partial charge is 0.269 e. The molecule has 13 nitrogen and oxygen atoms in total. The molecule has 6 aromatic rings. The number of rotatable bonds is 15. The minimum atomic E-state index is -4.83. The quantitative estimate of drug-likeness (QED) is 0.0801. The van der Waals surface area contributed by atoms with E-state index in [0.717, 1.165) is 45.9 Å². The number of anilines is 1. The number of carbonyl (C=O) groups excluding carboxylic acids is 2. The second kappa shape index (κ2) is 18.1. The van der Waals surface area contributed by atoms with Crippen molar-refractivity contribution in [3.8, 4) is 17.2 Å². The minimum absolute atomic E-state index is 0.0409. The summed E-state index contributed by atoms with van der Waals surface area (Å²) in [6.45, 7) is -0.252. The van der Waals surface area contributed by atoms with Gasteiger partial charge in [-0.1, -0.05) is 109 Å². The first-order valence-corrected chi connectivity index (χ1v) is 20.2. The number of nitrogens with one attached hydrogen (secondary N) is 2. The molecular formula is C45H40N4O9S. The van der Waals surface area contributed by atoms with Crippen molar-refractivity contribution in [3.05, 3.63) is 190 Å². The van der Waals surface area contributed by atoms with Crippen molar-refractivity contribution in [1.82, 2.24) is 10.2 Å². The number of amides is 2. The van der Waals surface area contributed by atoms with Crippen LogP contribution in [0, 0.1) is 10.1 Å². The molecular weight excluding hydrogens is 773 g/mol. The van der Waals surface area contributed by atoms with Crippen LogP contribution >= 0.6 is 0 Å². The molecule has 59 heavy (non-hydrogen) atoms. The van der Waals surface area contributed by atoms with Gasteiger partial charge in [-0.05, 0) is 53.1 Å². The van der Waals surface area contributed by atoms with Gasteiger partial charge in [-0.25, -0.2) is 8.42 Å². The van der Waals surface area contributed by atoms with Crippen LogP contribution in [0.15, 0.2) is 163 Å². The van der Waals surface area contributed by atoms with Crippen molar-refractivity contribution in [1.29, 1.82) is 0 Å². The van der Waals surface area contributed by atoms with Crippen LogP contribution < -0.4 is 24.8 Å². The first-order chi connectivity index (χ1) is 28.7. The van der Waals surface area contributed by atoms with Gasteiger partial charge in [-0.15, -0.1) is 0 Å². The van der Waals surface area contributed by atoms with Crippen LogP contribution in [0.1, 0.15) is 27.0 Å². The highest BCUT2D eigenvalue weighted by Crippen LogP contribution is 2.42. The van der Waals surface area contributed by atoms with E-state index in [0.29, 0.717) is 5.69 Å². The summed E-state index contributed by atoms with van der Waals surface area (Å²) in [6.07, 6.45) is 0. The van der Waals surface area contributed by atoms with Crippen molar-refractivity contribution in [2.45, 2.75) is 29.6 Å². The van der Waals surface area contributed by atoms with Crippen LogP contribution in [0.4, 0.5) is 11.4 Å². The Morgan fingerprint density at radius 3 is 1.66 bits per heavy atom. The summed E-state index contributed by atoms with van der Waals surface area (Å²) in [5, 5.41) is 17.2. The Hall–Kier alpha value is -7.03. The Balaban J connectivity index is 1.35. The molecule has 7 rings (SSSR count).